The Morgan fingerprint density at radius 2 is 1.70 bits per heavy atom. The Kier molecular flexibility index (Phi) is 4.89. The molecule has 2 rings (SSSR count). The van der Waals surface area contributed by atoms with Crippen molar-refractivity contribution in [2.75, 3.05) is 11.8 Å². The number of hydrogen-bond acceptors (Lipinski definition) is 3. The van der Waals surface area contributed by atoms with Gasteiger partial charge in [-0.15, -0.1) is 0 Å². The average Bonchev–Trinajstić information content (AvgIpc) is 2.50. The van der Waals surface area contributed by atoms with E-state index in [1.165, 1.54) is 25.3 Å². The Morgan fingerprint density at radius 3 is 2.22 bits per heavy atom. The number of ether oxygens (including phenoxy) is 1. The van der Waals surface area contributed by atoms with Crippen molar-refractivity contribution in [1.29, 1.82) is 0 Å². The van der Waals surface area contributed by atoms with Gasteiger partial charge < -0.3 is 4.74 Å². The number of methoxy groups -OCH3 is 1. The minimum Gasteiger partial charge on any atom is -0.496 e. The maximum Gasteiger partial charge on any atom is 0.262 e. The van der Waals surface area contributed by atoms with Gasteiger partial charge in [0.1, 0.15) is 23.1 Å². The SMILES string of the molecule is COc1ccc(S(=O)(=O)Nc2c(F)cccc2F)cc1C(C)C. The van der Waals surface area contributed by atoms with Crippen molar-refractivity contribution >= 4 is 15.7 Å². The van der Waals surface area contributed by atoms with Crippen LogP contribution in [0.4, 0.5) is 14.5 Å². The van der Waals surface area contributed by atoms with Gasteiger partial charge in [-0.25, -0.2) is 17.2 Å². The highest BCUT2D eigenvalue weighted by Gasteiger charge is 2.21. The van der Waals surface area contributed by atoms with E-state index in [0.29, 0.717) is 11.3 Å². The van der Waals surface area contributed by atoms with Gasteiger partial charge in [0.15, 0.2) is 0 Å². The lowest BCUT2D eigenvalue weighted by molar-refractivity contribution is 0.407. The predicted octanol–water partition coefficient (Wildman–Crippen LogP) is 3.90. The van der Waals surface area contributed by atoms with Crippen LogP contribution in [0.1, 0.15) is 25.3 Å². The summed E-state index contributed by atoms with van der Waals surface area (Å²) in [5.74, 6) is -1.39. The molecule has 23 heavy (non-hydrogen) atoms. The van der Waals surface area contributed by atoms with Gasteiger partial charge in [0.2, 0.25) is 0 Å². The summed E-state index contributed by atoms with van der Waals surface area (Å²) in [6, 6.07) is 7.40. The van der Waals surface area contributed by atoms with Crippen LogP contribution in [0.2, 0.25) is 0 Å². The molecule has 2 aromatic carbocycles. The van der Waals surface area contributed by atoms with Crippen LogP contribution in [0.5, 0.6) is 5.75 Å². The molecule has 0 saturated carbocycles. The van der Waals surface area contributed by atoms with Crippen LogP contribution >= 0.6 is 0 Å². The molecular formula is C16H17F2NO3S. The highest BCUT2D eigenvalue weighted by Crippen LogP contribution is 2.30. The molecule has 4 nitrogen and oxygen atoms in total. The van der Waals surface area contributed by atoms with E-state index in [1.54, 1.807) is 0 Å². The van der Waals surface area contributed by atoms with E-state index in [0.717, 1.165) is 18.2 Å². The van der Waals surface area contributed by atoms with Gasteiger partial charge in [-0.1, -0.05) is 19.9 Å². The van der Waals surface area contributed by atoms with Crippen molar-refractivity contribution in [2.45, 2.75) is 24.7 Å². The quantitative estimate of drug-likeness (QED) is 0.897. The largest absolute Gasteiger partial charge is 0.496 e. The van der Waals surface area contributed by atoms with Gasteiger partial charge in [0.05, 0.1) is 12.0 Å². The molecule has 0 heterocycles. The molecule has 1 N–H and O–H groups in total. The first kappa shape index (κ1) is 17.2. The zero-order valence-corrected chi connectivity index (χ0v) is 13.7. The minimum absolute atomic E-state index is 0.0188. The smallest absolute Gasteiger partial charge is 0.262 e. The van der Waals surface area contributed by atoms with Crippen LogP contribution in [0.25, 0.3) is 0 Å². The Bertz CT molecular complexity index is 800. The molecule has 0 aliphatic carbocycles. The Balaban J connectivity index is 2.46. The van der Waals surface area contributed by atoms with Crippen LogP contribution < -0.4 is 9.46 Å². The summed E-state index contributed by atoms with van der Waals surface area (Å²) in [5, 5.41) is 0. The van der Waals surface area contributed by atoms with Crippen molar-refractivity contribution in [3.8, 4) is 5.75 Å². The maximum absolute atomic E-state index is 13.6. The van der Waals surface area contributed by atoms with E-state index in [9.17, 15) is 17.2 Å². The van der Waals surface area contributed by atoms with E-state index in [1.807, 2.05) is 18.6 Å². The normalized spacial score (nSPS) is 11.6. The highest BCUT2D eigenvalue weighted by atomic mass is 32.2. The summed E-state index contributed by atoms with van der Waals surface area (Å²) >= 11 is 0. The van der Waals surface area contributed by atoms with Crippen LogP contribution in [0, 0.1) is 11.6 Å². The van der Waals surface area contributed by atoms with Gasteiger partial charge in [0.25, 0.3) is 10.0 Å². The van der Waals surface area contributed by atoms with E-state index in [-0.39, 0.29) is 10.8 Å². The summed E-state index contributed by atoms with van der Waals surface area (Å²) < 4.78 is 59.2. The molecule has 0 bridgehead atoms. The lowest BCUT2D eigenvalue weighted by Gasteiger charge is -2.15. The standard InChI is InChI=1S/C16H17F2NO3S/c1-10(2)12-9-11(7-8-15(12)22-3)23(20,21)19-16-13(17)5-4-6-14(16)18/h4-10,19H,1-3H3. The van der Waals surface area contributed by atoms with E-state index in [4.69, 9.17) is 4.74 Å². The van der Waals surface area contributed by atoms with Crippen molar-refractivity contribution in [2.24, 2.45) is 0 Å². The summed E-state index contributed by atoms with van der Waals surface area (Å²) in [4.78, 5) is -0.0929. The summed E-state index contributed by atoms with van der Waals surface area (Å²) in [7, 11) is -2.64. The third-order valence-electron chi connectivity index (χ3n) is 3.33. The van der Waals surface area contributed by atoms with Gasteiger partial charge in [-0.05, 0) is 41.8 Å². The fourth-order valence-electron chi connectivity index (χ4n) is 2.12. The number of rotatable bonds is 5. The zero-order valence-electron chi connectivity index (χ0n) is 12.9. The molecule has 7 heteroatoms. The lowest BCUT2D eigenvalue weighted by atomic mass is 10.0. The third kappa shape index (κ3) is 3.61. The first-order valence-electron chi connectivity index (χ1n) is 6.91. The molecule has 0 amide bonds. The van der Waals surface area contributed by atoms with Gasteiger partial charge >= 0.3 is 0 Å². The van der Waals surface area contributed by atoms with E-state index in [2.05, 4.69) is 0 Å². The Labute approximate surface area is 134 Å². The maximum atomic E-state index is 13.6. The molecule has 0 radical (unpaired) electrons. The first-order valence-corrected chi connectivity index (χ1v) is 8.39. The number of hydrogen-bond donors (Lipinski definition) is 1. The average molecular weight is 341 g/mol. The molecule has 0 unspecified atom stereocenters. The van der Waals surface area contributed by atoms with Crippen molar-refractivity contribution in [1.82, 2.24) is 0 Å². The Hall–Kier alpha value is -2.15. The third-order valence-corrected chi connectivity index (χ3v) is 4.68. The molecule has 0 aliphatic heterocycles. The molecule has 0 fully saturated rings. The van der Waals surface area contributed by atoms with Crippen LogP contribution in [-0.2, 0) is 10.0 Å². The molecule has 0 aromatic heterocycles. The topological polar surface area (TPSA) is 55.4 Å². The lowest BCUT2D eigenvalue weighted by Crippen LogP contribution is -2.15. The number of halogens is 2. The molecular weight excluding hydrogens is 324 g/mol. The second-order valence-corrected chi connectivity index (χ2v) is 6.94. The summed E-state index contributed by atoms with van der Waals surface area (Å²) in [5.41, 5.74) is -0.0150. The van der Waals surface area contributed by atoms with E-state index >= 15 is 0 Å². The first-order chi connectivity index (χ1) is 10.8. The summed E-state index contributed by atoms with van der Waals surface area (Å²) in [6.45, 7) is 3.77. The number of anilines is 1. The minimum atomic E-state index is -4.12. The van der Waals surface area contributed by atoms with Crippen LogP contribution in [0.15, 0.2) is 41.3 Å². The Morgan fingerprint density at radius 1 is 1.09 bits per heavy atom. The molecule has 0 atom stereocenters. The van der Waals surface area contributed by atoms with Gasteiger partial charge in [-0.3, -0.25) is 4.72 Å². The van der Waals surface area contributed by atoms with E-state index < -0.39 is 27.3 Å². The van der Waals surface area contributed by atoms with Crippen molar-refractivity contribution < 1.29 is 21.9 Å². The van der Waals surface area contributed by atoms with Crippen molar-refractivity contribution in [3.05, 3.63) is 53.6 Å². The number of sulfonamides is 1. The number of para-hydroxylation sites is 1. The van der Waals surface area contributed by atoms with Crippen LogP contribution in [0.3, 0.4) is 0 Å². The van der Waals surface area contributed by atoms with Crippen molar-refractivity contribution in [3.63, 3.8) is 0 Å². The molecule has 124 valence electrons. The summed E-state index contributed by atoms with van der Waals surface area (Å²) in [6.07, 6.45) is 0. The second kappa shape index (κ2) is 6.54. The molecule has 0 saturated heterocycles. The van der Waals surface area contributed by atoms with Gasteiger partial charge in [-0.2, -0.15) is 0 Å². The number of nitrogens with one attached hydrogen (secondary N) is 1. The fourth-order valence-corrected chi connectivity index (χ4v) is 3.23. The van der Waals surface area contributed by atoms with Crippen LogP contribution in [-0.4, -0.2) is 15.5 Å². The monoisotopic (exact) mass is 341 g/mol. The van der Waals surface area contributed by atoms with Gasteiger partial charge in [0, 0.05) is 0 Å². The predicted molar refractivity (Wildman–Crippen MR) is 84.2 cm³/mol. The fraction of sp³-hybridized carbons (Fsp3) is 0.250. The number of benzene rings is 2. The molecule has 0 aliphatic rings. The molecule has 2 aromatic rings. The highest BCUT2D eigenvalue weighted by molar-refractivity contribution is 7.92. The second-order valence-electron chi connectivity index (χ2n) is 5.26. The molecule has 0 spiro atoms. The zero-order chi connectivity index (χ0) is 17.2.